The molecule has 0 atom stereocenters. The number of fused-ring (bicyclic) bond motifs is 2. The molecule has 0 saturated carbocycles. The Morgan fingerprint density at radius 1 is 0.846 bits per heavy atom. The van der Waals surface area contributed by atoms with Crippen LogP contribution in [-0.2, 0) is 19.1 Å². The van der Waals surface area contributed by atoms with Crippen molar-refractivity contribution in [3.63, 3.8) is 0 Å². The lowest BCUT2D eigenvalue weighted by atomic mass is 10.1. The zero-order valence-corrected chi connectivity index (χ0v) is 14.3. The van der Waals surface area contributed by atoms with Crippen molar-refractivity contribution in [2.45, 2.75) is 38.5 Å². The number of carboxylic acid groups (broad SMARTS) is 2. The molecule has 0 fully saturated rings. The number of carbonyl (C=O) groups excluding carboxylic acids is 2. The summed E-state index contributed by atoms with van der Waals surface area (Å²) in [5.74, 6) is -2.52. The summed E-state index contributed by atoms with van der Waals surface area (Å²) in [5.41, 5.74) is 0.771. The molecule has 1 aromatic carbocycles. The highest BCUT2D eigenvalue weighted by Crippen LogP contribution is 2.10. The number of hydrogen-bond acceptors (Lipinski definition) is 6. The molecule has 2 rings (SSSR count). The minimum Gasteiger partial charge on any atom is -0.481 e. The van der Waals surface area contributed by atoms with Gasteiger partial charge in [-0.15, -0.1) is 0 Å². The van der Waals surface area contributed by atoms with Gasteiger partial charge in [-0.25, -0.2) is 9.59 Å². The Bertz CT molecular complexity index is 587. The molecule has 8 heteroatoms. The smallest absolute Gasteiger partial charge is 0.338 e. The molecule has 0 spiro atoms. The lowest BCUT2D eigenvalue weighted by Crippen LogP contribution is -2.07. The third-order valence-electron chi connectivity index (χ3n) is 3.37. The Labute approximate surface area is 150 Å². The highest BCUT2D eigenvalue weighted by molar-refractivity contribution is 5.95. The molecular formula is C18H22O8. The number of aliphatic carboxylic acids is 2. The molecule has 1 aliphatic heterocycles. The Balaban J connectivity index is 0.000000294. The van der Waals surface area contributed by atoms with E-state index in [2.05, 4.69) is 0 Å². The van der Waals surface area contributed by atoms with Crippen LogP contribution in [0.1, 0.15) is 59.2 Å². The maximum absolute atomic E-state index is 11.5. The third kappa shape index (κ3) is 8.81. The standard InChI is InChI=1S/C12H12O4.C6H10O4/c13-11-9-4-3-5-10(8-9)12(14)16-7-2-1-6-15-11;7-5(8)3-1-2-4-6(9)10/h3-5,8H,1-2,6-7H2;1-4H2,(H,7,8)(H,9,10). The van der Waals surface area contributed by atoms with Crippen molar-refractivity contribution in [1.82, 2.24) is 0 Å². The van der Waals surface area contributed by atoms with Crippen molar-refractivity contribution < 1.29 is 38.9 Å². The van der Waals surface area contributed by atoms with Crippen LogP contribution in [0.4, 0.5) is 0 Å². The largest absolute Gasteiger partial charge is 0.481 e. The predicted molar refractivity (Wildman–Crippen MR) is 90.0 cm³/mol. The van der Waals surface area contributed by atoms with Crippen molar-refractivity contribution >= 4 is 23.9 Å². The molecule has 0 aromatic heterocycles. The van der Waals surface area contributed by atoms with Gasteiger partial charge in [-0.1, -0.05) is 6.07 Å². The molecule has 1 aromatic rings. The van der Waals surface area contributed by atoms with Crippen LogP contribution in [0, 0.1) is 0 Å². The number of ether oxygens (including phenoxy) is 2. The fourth-order valence-corrected chi connectivity index (χ4v) is 2.03. The van der Waals surface area contributed by atoms with Gasteiger partial charge in [0.05, 0.1) is 24.3 Å². The van der Waals surface area contributed by atoms with E-state index in [9.17, 15) is 19.2 Å². The quantitative estimate of drug-likeness (QED) is 0.601. The Kier molecular flexibility index (Phi) is 9.45. The molecule has 1 aliphatic rings. The summed E-state index contributed by atoms with van der Waals surface area (Å²) in [6.45, 7) is 0.723. The predicted octanol–water partition coefficient (Wildman–Crippen LogP) is 2.51. The average molecular weight is 366 g/mol. The van der Waals surface area contributed by atoms with E-state index in [1.54, 1.807) is 18.2 Å². The van der Waals surface area contributed by atoms with Crippen molar-refractivity contribution in [2.75, 3.05) is 13.2 Å². The van der Waals surface area contributed by atoms with Crippen LogP contribution < -0.4 is 0 Å². The van der Waals surface area contributed by atoms with Crippen LogP contribution in [-0.4, -0.2) is 47.3 Å². The molecule has 0 amide bonds. The van der Waals surface area contributed by atoms with E-state index in [1.807, 2.05) is 0 Å². The molecule has 26 heavy (non-hydrogen) atoms. The zero-order chi connectivity index (χ0) is 19.4. The molecule has 142 valence electrons. The lowest BCUT2D eigenvalue weighted by Gasteiger charge is -2.03. The molecule has 0 radical (unpaired) electrons. The van der Waals surface area contributed by atoms with Crippen LogP contribution >= 0.6 is 0 Å². The van der Waals surface area contributed by atoms with Gasteiger partial charge in [0.25, 0.3) is 0 Å². The molecule has 0 unspecified atom stereocenters. The third-order valence-corrected chi connectivity index (χ3v) is 3.37. The topological polar surface area (TPSA) is 127 Å². The zero-order valence-electron chi connectivity index (χ0n) is 14.3. The fraction of sp³-hybridized carbons (Fsp3) is 0.444. The van der Waals surface area contributed by atoms with Gasteiger partial charge in [0.2, 0.25) is 0 Å². The summed E-state index contributed by atoms with van der Waals surface area (Å²) in [6, 6.07) is 6.38. The normalized spacial score (nSPS) is 14.0. The maximum atomic E-state index is 11.5. The van der Waals surface area contributed by atoms with Crippen LogP contribution in [0.15, 0.2) is 24.3 Å². The molecule has 8 nitrogen and oxygen atoms in total. The van der Waals surface area contributed by atoms with E-state index in [-0.39, 0.29) is 12.8 Å². The highest BCUT2D eigenvalue weighted by Gasteiger charge is 2.13. The van der Waals surface area contributed by atoms with Gasteiger partial charge in [0, 0.05) is 12.8 Å². The van der Waals surface area contributed by atoms with Crippen molar-refractivity contribution in [3.8, 4) is 0 Å². The second-order valence-corrected chi connectivity index (χ2v) is 5.55. The summed E-state index contributed by atoms with van der Waals surface area (Å²) in [6.07, 6.45) is 2.42. The summed E-state index contributed by atoms with van der Waals surface area (Å²) in [4.78, 5) is 42.9. The lowest BCUT2D eigenvalue weighted by molar-refractivity contribution is -0.139. The average Bonchev–Trinajstić information content (AvgIpc) is 2.62. The Morgan fingerprint density at radius 3 is 1.65 bits per heavy atom. The van der Waals surface area contributed by atoms with Crippen LogP contribution in [0.5, 0.6) is 0 Å². The molecule has 1 heterocycles. The SMILES string of the molecule is O=C(O)CCCCC(=O)O.O=C1OCCCCOC(=O)c2cccc1c2. The number of carboxylic acids is 2. The van der Waals surface area contributed by atoms with Gasteiger partial charge < -0.3 is 19.7 Å². The Morgan fingerprint density at radius 2 is 1.27 bits per heavy atom. The minimum absolute atomic E-state index is 0.0628. The van der Waals surface area contributed by atoms with Crippen LogP contribution in [0.3, 0.4) is 0 Å². The number of carbonyl (C=O) groups is 4. The number of hydrogen-bond donors (Lipinski definition) is 2. The second-order valence-electron chi connectivity index (χ2n) is 5.55. The van der Waals surface area contributed by atoms with E-state index in [4.69, 9.17) is 19.7 Å². The summed E-state index contributed by atoms with van der Waals surface area (Å²) >= 11 is 0. The molecular weight excluding hydrogens is 344 g/mol. The van der Waals surface area contributed by atoms with E-state index in [1.165, 1.54) is 6.07 Å². The van der Waals surface area contributed by atoms with E-state index >= 15 is 0 Å². The van der Waals surface area contributed by atoms with Gasteiger partial charge in [-0.2, -0.15) is 0 Å². The Hall–Kier alpha value is -2.90. The number of esters is 2. The first-order valence-electron chi connectivity index (χ1n) is 8.28. The number of unbranched alkanes of at least 4 members (excludes halogenated alkanes) is 1. The van der Waals surface area contributed by atoms with Crippen LogP contribution in [0.25, 0.3) is 0 Å². The van der Waals surface area contributed by atoms with Crippen molar-refractivity contribution in [3.05, 3.63) is 35.4 Å². The molecule has 2 bridgehead atoms. The molecule has 0 aliphatic carbocycles. The molecule has 0 saturated heterocycles. The minimum atomic E-state index is -0.870. The van der Waals surface area contributed by atoms with Gasteiger partial charge >= 0.3 is 23.9 Å². The maximum Gasteiger partial charge on any atom is 0.338 e. The summed E-state index contributed by atoms with van der Waals surface area (Å²) in [7, 11) is 0. The van der Waals surface area contributed by atoms with E-state index in [0.29, 0.717) is 50.0 Å². The highest BCUT2D eigenvalue weighted by atomic mass is 16.5. The van der Waals surface area contributed by atoms with Gasteiger partial charge in [-0.05, 0) is 43.9 Å². The summed E-state index contributed by atoms with van der Waals surface area (Å²) in [5, 5.41) is 16.3. The van der Waals surface area contributed by atoms with E-state index in [0.717, 1.165) is 0 Å². The van der Waals surface area contributed by atoms with E-state index < -0.39 is 23.9 Å². The monoisotopic (exact) mass is 366 g/mol. The van der Waals surface area contributed by atoms with Gasteiger partial charge in [-0.3, -0.25) is 9.59 Å². The van der Waals surface area contributed by atoms with Crippen LogP contribution in [0.2, 0.25) is 0 Å². The first-order chi connectivity index (χ1) is 12.4. The summed E-state index contributed by atoms with van der Waals surface area (Å²) < 4.78 is 10.1. The van der Waals surface area contributed by atoms with Gasteiger partial charge in [0.1, 0.15) is 0 Å². The first kappa shape index (κ1) is 21.1. The van der Waals surface area contributed by atoms with Crippen molar-refractivity contribution in [2.24, 2.45) is 0 Å². The van der Waals surface area contributed by atoms with Crippen molar-refractivity contribution in [1.29, 1.82) is 0 Å². The molecule has 2 N–H and O–H groups in total. The van der Waals surface area contributed by atoms with Gasteiger partial charge in [0.15, 0.2) is 0 Å². The fourth-order valence-electron chi connectivity index (χ4n) is 2.03. The number of benzene rings is 1. The second kappa shape index (κ2) is 11.6. The number of rotatable bonds is 5. The first-order valence-corrected chi connectivity index (χ1v) is 8.28. The number of cyclic esters (lactones) is 2.